The van der Waals surface area contributed by atoms with E-state index in [1.165, 1.54) is 154 Å². The van der Waals surface area contributed by atoms with Crippen LogP contribution in [0.3, 0.4) is 0 Å². The summed E-state index contributed by atoms with van der Waals surface area (Å²) in [4.78, 5) is 2.74. The van der Waals surface area contributed by atoms with Gasteiger partial charge in [0.05, 0.1) is 27.8 Å². The Morgan fingerprint density at radius 3 is 1.76 bits per heavy atom. The van der Waals surface area contributed by atoms with Crippen LogP contribution >= 0.6 is 0 Å². The van der Waals surface area contributed by atoms with Crippen molar-refractivity contribution in [1.82, 2.24) is 9.13 Å². The average Bonchev–Trinajstić information content (AvgIpc) is 4.08. The van der Waals surface area contributed by atoms with Crippen LogP contribution in [-0.4, -0.2) is 15.8 Å². The van der Waals surface area contributed by atoms with E-state index >= 15 is 0 Å². The molecule has 3 nitrogen and oxygen atoms in total. The summed E-state index contributed by atoms with van der Waals surface area (Å²) in [5.74, 6) is 0.194. The Bertz CT molecular complexity index is 4590. The van der Waals surface area contributed by atoms with Crippen LogP contribution in [0.4, 0.5) is 11.4 Å². The second-order valence-electron chi connectivity index (χ2n) is 20.3. The summed E-state index contributed by atoms with van der Waals surface area (Å²) in [5, 5.41) is 13.1. The molecule has 13 aromatic rings. The van der Waals surface area contributed by atoms with E-state index in [2.05, 4.69) is 239 Å². The molecule has 2 aromatic heterocycles. The summed E-state index contributed by atoms with van der Waals surface area (Å²) in [6.45, 7) is 2.27. The monoisotopic (exact) mass is 899 g/mol. The van der Waals surface area contributed by atoms with Gasteiger partial charge in [-0.1, -0.05) is 170 Å². The molecule has 0 fully saturated rings. The first-order valence-electron chi connectivity index (χ1n) is 25.2. The molecule has 17 rings (SSSR count). The zero-order valence-electron chi connectivity index (χ0n) is 39.0. The second kappa shape index (κ2) is 13.7. The van der Waals surface area contributed by atoms with Gasteiger partial charge in [-0.05, 0) is 144 Å². The molecule has 11 aromatic carbocycles. The molecule has 3 aliphatic heterocycles. The van der Waals surface area contributed by atoms with E-state index in [9.17, 15) is 0 Å². The standard InChI is InChI=1S/C67H42BN3/c1-39-35-60-64-61(36-39)71-59-37-41(43-20-6-5-19-42(43)40-17-3-2-4-18-40)31-32-49(59)53-38-52-46-23-8-7-21-44(46)45-22-9-10-26-50(45)62(52)65(66(53)71)68(64)54-33-34-58(63-51-27-13-16-30-57(51)70(60)67(54)63)69-55-28-14-11-24-47(55)48-25-12-15-29-56(48)69/h2-31,33-38,49H,32H2,1H3. The van der Waals surface area contributed by atoms with Crippen molar-refractivity contribution in [2.75, 3.05) is 4.90 Å². The Morgan fingerprint density at radius 1 is 0.451 bits per heavy atom. The number of para-hydroxylation sites is 3. The summed E-state index contributed by atoms with van der Waals surface area (Å²) in [7, 11) is 0. The molecule has 0 radical (unpaired) electrons. The van der Waals surface area contributed by atoms with Crippen LogP contribution < -0.4 is 21.3 Å². The van der Waals surface area contributed by atoms with Crippen molar-refractivity contribution in [3.05, 3.63) is 241 Å². The zero-order chi connectivity index (χ0) is 46.2. The minimum atomic E-state index is -0.0302. The summed E-state index contributed by atoms with van der Waals surface area (Å²) >= 11 is 0. The lowest BCUT2D eigenvalue weighted by Gasteiger charge is -2.40. The number of hydrogen-bond acceptors (Lipinski definition) is 1. The van der Waals surface area contributed by atoms with Gasteiger partial charge in [-0.2, -0.15) is 0 Å². The molecule has 4 aliphatic rings. The molecule has 5 heterocycles. The molecule has 0 saturated heterocycles. The summed E-state index contributed by atoms with van der Waals surface area (Å²) in [5.41, 5.74) is 23.5. The smallest absolute Gasteiger partial charge is 0.253 e. The maximum atomic E-state index is 2.74. The molecule has 0 bridgehead atoms. The number of aryl methyl sites for hydroxylation is 1. The van der Waals surface area contributed by atoms with Crippen molar-refractivity contribution in [3.63, 3.8) is 0 Å². The van der Waals surface area contributed by atoms with Gasteiger partial charge >= 0.3 is 0 Å². The van der Waals surface area contributed by atoms with E-state index in [0.29, 0.717) is 0 Å². The Balaban J connectivity index is 1.03. The van der Waals surface area contributed by atoms with Crippen LogP contribution in [0.1, 0.15) is 29.0 Å². The van der Waals surface area contributed by atoms with Crippen molar-refractivity contribution in [2.24, 2.45) is 0 Å². The van der Waals surface area contributed by atoms with Crippen LogP contribution in [0.2, 0.25) is 0 Å². The number of fused-ring (bicyclic) bond motifs is 20. The number of anilines is 2. The average molecular weight is 900 g/mol. The third kappa shape index (κ3) is 4.80. The fourth-order valence-electron chi connectivity index (χ4n) is 14.1. The van der Waals surface area contributed by atoms with Gasteiger partial charge in [0.1, 0.15) is 0 Å². The maximum absolute atomic E-state index is 2.74. The Labute approximate surface area is 410 Å². The van der Waals surface area contributed by atoms with Crippen LogP contribution in [0, 0.1) is 6.92 Å². The molecule has 1 atom stereocenters. The topological polar surface area (TPSA) is 13.1 Å². The lowest BCUT2D eigenvalue weighted by Crippen LogP contribution is -2.60. The zero-order valence-corrected chi connectivity index (χ0v) is 39.0. The maximum Gasteiger partial charge on any atom is 0.253 e. The Kier molecular flexibility index (Phi) is 7.33. The lowest BCUT2D eigenvalue weighted by atomic mass is 9.33. The molecule has 0 spiro atoms. The van der Waals surface area contributed by atoms with Crippen LogP contribution in [-0.2, 0) is 0 Å². The predicted molar refractivity (Wildman–Crippen MR) is 301 cm³/mol. The SMILES string of the molecule is Cc1cc2c3c(c1)-n1c4ccccc4c4c(-n5c6ccccc6c6ccccc65)ccc(c41)B3c1c3c(cc4c5ccccc5c5ccccc5c14)C1CC=C(c4ccccc4-c4ccccc4)C=C1N23. The number of aromatic nitrogens is 2. The van der Waals surface area contributed by atoms with E-state index in [1.807, 2.05) is 0 Å². The first-order valence-corrected chi connectivity index (χ1v) is 25.2. The highest BCUT2D eigenvalue weighted by Crippen LogP contribution is 2.56. The molecule has 0 saturated carbocycles. The normalized spacial score (nSPS) is 15.3. The Morgan fingerprint density at radius 2 is 1.03 bits per heavy atom. The van der Waals surface area contributed by atoms with E-state index in [4.69, 9.17) is 0 Å². The molecular formula is C67H42BN3. The fraction of sp³-hybridized carbons (Fsp3) is 0.0448. The number of rotatable bonds is 3. The van der Waals surface area contributed by atoms with Crippen molar-refractivity contribution in [1.29, 1.82) is 0 Å². The minimum Gasteiger partial charge on any atom is -0.314 e. The number of allylic oxidation sites excluding steroid dienone is 4. The van der Waals surface area contributed by atoms with Crippen LogP contribution in [0.15, 0.2) is 224 Å². The molecule has 0 N–H and O–H groups in total. The lowest BCUT2D eigenvalue weighted by molar-refractivity contribution is 0.823. The third-order valence-corrected chi connectivity index (χ3v) is 16.8. The van der Waals surface area contributed by atoms with Crippen molar-refractivity contribution in [2.45, 2.75) is 19.3 Å². The molecule has 328 valence electrons. The molecular weight excluding hydrogens is 858 g/mol. The molecule has 1 aliphatic carbocycles. The highest BCUT2D eigenvalue weighted by molar-refractivity contribution is 7.02. The van der Waals surface area contributed by atoms with Gasteiger partial charge < -0.3 is 14.0 Å². The van der Waals surface area contributed by atoms with E-state index in [0.717, 1.165) is 6.42 Å². The first kappa shape index (κ1) is 38.0. The number of benzene rings is 11. The van der Waals surface area contributed by atoms with Crippen molar-refractivity contribution < 1.29 is 0 Å². The quantitative estimate of drug-likeness (QED) is 0.127. The summed E-state index contributed by atoms with van der Waals surface area (Å²) in [6, 6.07) is 77.9. The van der Waals surface area contributed by atoms with Crippen LogP contribution in [0.5, 0.6) is 0 Å². The van der Waals surface area contributed by atoms with Gasteiger partial charge in [0.25, 0.3) is 6.71 Å². The van der Waals surface area contributed by atoms with Gasteiger partial charge in [0, 0.05) is 50.2 Å². The number of nitrogens with zero attached hydrogens (tertiary/aromatic N) is 3. The molecule has 71 heavy (non-hydrogen) atoms. The molecule has 0 amide bonds. The molecule has 4 heteroatoms. The largest absolute Gasteiger partial charge is 0.314 e. The van der Waals surface area contributed by atoms with Crippen molar-refractivity contribution >= 4 is 116 Å². The van der Waals surface area contributed by atoms with E-state index in [1.54, 1.807) is 0 Å². The second-order valence-corrected chi connectivity index (χ2v) is 20.3. The molecule has 1 unspecified atom stereocenters. The first-order chi connectivity index (χ1) is 35.2. The highest BCUT2D eigenvalue weighted by atomic mass is 15.2. The van der Waals surface area contributed by atoms with Crippen LogP contribution in [0.25, 0.3) is 104 Å². The number of hydrogen-bond donors (Lipinski definition) is 0. The summed E-state index contributed by atoms with van der Waals surface area (Å²) in [6.07, 6.45) is 6.00. The fourth-order valence-corrected chi connectivity index (χ4v) is 14.1. The van der Waals surface area contributed by atoms with E-state index in [-0.39, 0.29) is 12.6 Å². The predicted octanol–water partition coefficient (Wildman–Crippen LogP) is 15.1. The van der Waals surface area contributed by atoms with E-state index < -0.39 is 0 Å². The summed E-state index contributed by atoms with van der Waals surface area (Å²) < 4.78 is 5.18. The Hall–Kier alpha value is -8.86. The minimum absolute atomic E-state index is 0.0302. The highest BCUT2D eigenvalue weighted by Gasteiger charge is 2.49. The van der Waals surface area contributed by atoms with Gasteiger partial charge in [-0.15, -0.1) is 0 Å². The van der Waals surface area contributed by atoms with Gasteiger partial charge in [0.2, 0.25) is 0 Å². The van der Waals surface area contributed by atoms with Gasteiger partial charge in [0.15, 0.2) is 0 Å². The van der Waals surface area contributed by atoms with Crippen molar-refractivity contribution in [3.8, 4) is 22.5 Å². The third-order valence-electron chi connectivity index (χ3n) is 16.8. The van der Waals surface area contributed by atoms with Gasteiger partial charge in [-0.25, -0.2) is 0 Å². The van der Waals surface area contributed by atoms with Gasteiger partial charge in [-0.3, -0.25) is 0 Å².